The highest BCUT2D eigenvalue weighted by atomic mass is 15.3. The molecule has 0 aliphatic rings. The summed E-state index contributed by atoms with van der Waals surface area (Å²) in [6, 6.07) is 12.3. The molecule has 0 amide bonds. The van der Waals surface area contributed by atoms with Crippen molar-refractivity contribution in [3.8, 4) is 11.1 Å². The number of rotatable bonds is 5. The van der Waals surface area contributed by atoms with Crippen molar-refractivity contribution in [1.29, 1.82) is 0 Å². The van der Waals surface area contributed by atoms with E-state index < -0.39 is 0 Å². The molecule has 1 aromatic carbocycles. The number of fused-ring (bicyclic) bond motifs is 1. The quantitative estimate of drug-likeness (QED) is 0.557. The normalized spacial score (nSPS) is 11.1. The Labute approximate surface area is 124 Å². The van der Waals surface area contributed by atoms with Crippen LogP contribution in [0.5, 0.6) is 0 Å². The van der Waals surface area contributed by atoms with Gasteiger partial charge in [0.15, 0.2) is 0 Å². The van der Waals surface area contributed by atoms with Gasteiger partial charge in [0.2, 0.25) is 0 Å². The van der Waals surface area contributed by atoms with Crippen LogP contribution in [0.4, 0.5) is 0 Å². The fraction of sp³-hybridized carbons (Fsp3) is 0.235. The Hall–Kier alpha value is -2.33. The topological polar surface area (TPSA) is 69.9 Å². The summed E-state index contributed by atoms with van der Waals surface area (Å²) in [5.74, 6) is 6.33. The average molecular weight is 280 g/mol. The van der Waals surface area contributed by atoms with E-state index in [4.69, 9.17) is 11.6 Å². The van der Waals surface area contributed by atoms with Crippen molar-refractivity contribution in [2.75, 3.05) is 12.4 Å². The Morgan fingerprint density at radius 3 is 2.52 bits per heavy atom. The highest BCUT2D eigenvalue weighted by Crippen LogP contribution is 2.34. The van der Waals surface area contributed by atoms with E-state index in [1.165, 1.54) is 10.9 Å². The number of hydrogen-bond acceptors (Lipinski definition) is 3. The molecular formula is C17H20N4. The van der Waals surface area contributed by atoms with Crippen LogP contribution in [-0.4, -0.2) is 16.2 Å². The number of hydrogen-bond donors (Lipinski definition) is 2. The smallest absolute Gasteiger partial charge is 0.0699 e. The molecule has 3 rings (SSSR count). The number of para-hydroxylation sites is 1. The summed E-state index contributed by atoms with van der Waals surface area (Å²) in [7, 11) is 0. The molecule has 0 saturated heterocycles. The molecule has 2 aromatic heterocycles. The summed E-state index contributed by atoms with van der Waals surface area (Å²) in [5.41, 5.74) is 10.2. The first kappa shape index (κ1) is 13.6. The standard InChI is InChI=1S/C17H20N4/c18-10-4-3-7-16-17(13-8-11-20-12-9-13)14-5-1-2-6-15(14)21(16)19/h1-2,5-6,8-9,11-12H,3-4,7,10,18-19H2. The lowest BCUT2D eigenvalue weighted by Gasteiger charge is -2.07. The zero-order chi connectivity index (χ0) is 14.7. The Bertz CT molecular complexity index is 731. The molecule has 0 aliphatic carbocycles. The third kappa shape index (κ3) is 2.50. The van der Waals surface area contributed by atoms with Crippen LogP contribution in [-0.2, 0) is 6.42 Å². The van der Waals surface area contributed by atoms with Crippen molar-refractivity contribution < 1.29 is 0 Å². The highest BCUT2D eigenvalue weighted by Gasteiger charge is 2.16. The highest BCUT2D eigenvalue weighted by molar-refractivity contribution is 5.98. The van der Waals surface area contributed by atoms with Gasteiger partial charge in [-0.1, -0.05) is 18.2 Å². The van der Waals surface area contributed by atoms with E-state index >= 15 is 0 Å². The zero-order valence-corrected chi connectivity index (χ0v) is 12.0. The number of unbranched alkanes of at least 4 members (excludes halogenated alkanes) is 1. The SMILES string of the molecule is NCCCCc1c(-c2ccncc2)c2ccccc2n1N. The molecule has 0 unspecified atom stereocenters. The van der Waals surface area contributed by atoms with Crippen molar-refractivity contribution in [2.24, 2.45) is 5.73 Å². The number of benzene rings is 1. The van der Waals surface area contributed by atoms with Gasteiger partial charge in [0.05, 0.1) is 5.52 Å². The van der Waals surface area contributed by atoms with Crippen LogP contribution in [0, 0.1) is 0 Å². The third-order valence-corrected chi connectivity index (χ3v) is 3.85. The van der Waals surface area contributed by atoms with Crippen LogP contribution in [0.25, 0.3) is 22.0 Å². The molecule has 21 heavy (non-hydrogen) atoms. The lowest BCUT2D eigenvalue weighted by Crippen LogP contribution is -2.12. The molecular weight excluding hydrogens is 260 g/mol. The zero-order valence-electron chi connectivity index (χ0n) is 12.0. The molecule has 4 N–H and O–H groups in total. The van der Waals surface area contributed by atoms with E-state index in [1.54, 1.807) is 0 Å². The summed E-state index contributed by atoms with van der Waals surface area (Å²) in [5, 5.41) is 1.19. The van der Waals surface area contributed by atoms with E-state index in [1.807, 2.05) is 35.3 Å². The Balaban J connectivity index is 2.17. The van der Waals surface area contributed by atoms with Gasteiger partial charge >= 0.3 is 0 Å². The molecule has 0 fully saturated rings. The van der Waals surface area contributed by atoms with E-state index in [0.29, 0.717) is 0 Å². The monoisotopic (exact) mass is 280 g/mol. The first-order chi connectivity index (χ1) is 10.3. The van der Waals surface area contributed by atoms with E-state index in [-0.39, 0.29) is 0 Å². The number of aromatic nitrogens is 2. The second-order valence-corrected chi connectivity index (χ2v) is 5.19. The maximum absolute atomic E-state index is 6.33. The lowest BCUT2D eigenvalue weighted by atomic mass is 10.0. The molecule has 0 saturated carbocycles. The fourth-order valence-electron chi connectivity index (χ4n) is 2.84. The van der Waals surface area contributed by atoms with Crippen molar-refractivity contribution in [3.05, 3.63) is 54.5 Å². The lowest BCUT2D eigenvalue weighted by molar-refractivity contribution is 0.721. The third-order valence-electron chi connectivity index (χ3n) is 3.85. The molecule has 0 aliphatic heterocycles. The summed E-state index contributed by atoms with van der Waals surface area (Å²) < 4.78 is 1.82. The number of nitrogen functional groups attached to an aromatic ring is 1. The molecule has 0 atom stereocenters. The van der Waals surface area contributed by atoms with Crippen molar-refractivity contribution in [3.63, 3.8) is 0 Å². The first-order valence-corrected chi connectivity index (χ1v) is 7.30. The molecule has 2 heterocycles. The second-order valence-electron chi connectivity index (χ2n) is 5.19. The molecule has 3 aromatic rings. The fourth-order valence-corrected chi connectivity index (χ4v) is 2.84. The van der Waals surface area contributed by atoms with E-state index in [0.717, 1.165) is 42.6 Å². The minimum atomic E-state index is 0.718. The maximum atomic E-state index is 6.33. The molecule has 0 spiro atoms. The van der Waals surface area contributed by atoms with Crippen LogP contribution in [0.3, 0.4) is 0 Å². The minimum Gasteiger partial charge on any atom is -0.339 e. The van der Waals surface area contributed by atoms with Gasteiger partial charge in [-0.15, -0.1) is 0 Å². The van der Waals surface area contributed by atoms with Gasteiger partial charge < -0.3 is 11.6 Å². The van der Waals surface area contributed by atoms with Crippen molar-refractivity contribution in [1.82, 2.24) is 9.66 Å². The average Bonchev–Trinajstić information content (AvgIpc) is 2.82. The maximum Gasteiger partial charge on any atom is 0.0699 e. The summed E-state index contributed by atoms with van der Waals surface area (Å²) in [6.07, 6.45) is 6.63. The molecule has 0 bridgehead atoms. The van der Waals surface area contributed by atoms with Crippen LogP contribution in [0.15, 0.2) is 48.8 Å². The van der Waals surface area contributed by atoms with Gasteiger partial charge in [-0.25, -0.2) is 0 Å². The van der Waals surface area contributed by atoms with Crippen LogP contribution in [0.2, 0.25) is 0 Å². The van der Waals surface area contributed by atoms with Crippen molar-refractivity contribution >= 4 is 10.9 Å². The minimum absolute atomic E-state index is 0.718. The molecule has 4 nitrogen and oxygen atoms in total. The Kier molecular flexibility index (Phi) is 3.88. The van der Waals surface area contributed by atoms with Crippen LogP contribution in [0.1, 0.15) is 18.5 Å². The summed E-state index contributed by atoms with van der Waals surface area (Å²) >= 11 is 0. The van der Waals surface area contributed by atoms with Crippen LogP contribution >= 0.6 is 0 Å². The van der Waals surface area contributed by atoms with Gasteiger partial charge in [0.1, 0.15) is 0 Å². The van der Waals surface area contributed by atoms with E-state index in [9.17, 15) is 0 Å². The van der Waals surface area contributed by atoms with Gasteiger partial charge in [0.25, 0.3) is 0 Å². The number of nitrogens with zero attached hydrogens (tertiary/aromatic N) is 2. The van der Waals surface area contributed by atoms with Gasteiger partial charge in [0, 0.05) is 29.0 Å². The molecule has 108 valence electrons. The predicted molar refractivity (Wildman–Crippen MR) is 87.3 cm³/mol. The number of nitrogens with two attached hydrogens (primary N) is 2. The summed E-state index contributed by atoms with van der Waals surface area (Å²) in [6.45, 7) is 0.718. The van der Waals surface area contributed by atoms with Crippen molar-refractivity contribution in [2.45, 2.75) is 19.3 Å². The molecule has 0 radical (unpaired) electrons. The Morgan fingerprint density at radius 1 is 1.00 bits per heavy atom. The molecule has 4 heteroatoms. The predicted octanol–water partition coefficient (Wildman–Crippen LogP) is 2.70. The van der Waals surface area contributed by atoms with Gasteiger partial charge in [-0.2, -0.15) is 0 Å². The summed E-state index contributed by atoms with van der Waals surface area (Å²) in [4.78, 5) is 4.11. The second kappa shape index (κ2) is 5.97. The number of pyridine rings is 1. The van der Waals surface area contributed by atoms with E-state index in [2.05, 4.69) is 23.2 Å². The largest absolute Gasteiger partial charge is 0.339 e. The van der Waals surface area contributed by atoms with Crippen LogP contribution < -0.4 is 11.6 Å². The van der Waals surface area contributed by atoms with Gasteiger partial charge in [-0.3, -0.25) is 9.66 Å². The Morgan fingerprint density at radius 2 is 1.76 bits per heavy atom. The van der Waals surface area contributed by atoms with Gasteiger partial charge in [-0.05, 0) is 49.6 Å². The first-order valence-electron chi connectivity index (χ1n) is 7.30.